The van der Waals surface area contributed by atoms with Gasteiger partial charge in [0.05, 0.1) is 5.56 Å². The van der Waals surface area contributed by atoms with E-state index in [0.717, 1.165) is 24.0 Å². The first kappa shape index (κ1) is 15.1. The second-order valence-corrected chi connectivity index (χ2v) is 6.15. The highest BCUT2D eigenvalue weighted by molar-refractivity contribution is 5.93. The molecule has 22 heavy (non-hydrogen) atoms. The van der Waals surface area contributed by atoms with Crippen molar-refractivity contribution < 1.29 is 9.90 Å². The van der Waals surface area contributed by atoms with Gasteiger partial charge in [-0.05, 0) is 56.4 Å². The third-order valence-corrected chi connectivity index (χ3v) is 4.64. The summed E-state index contributed by atoms with van der Waals surface area (Å²) in [6, 6.07) is 7.64. The van der Waals surface area contributed by atoms with Crippen LogP contribution in [-0.2, 0) is 13.1 Å². The summed E-state index contributed by atoms with van der Waals surface area (Å²) < 4.78 is 2.26. The van der Waals surface area contributed by atoms with E-state index in [0.29, 0.717) is 5.56 Å². The molecule has 4 nitrogen and oxygen atoms in total. The number of likely N-dealkylation sites (tertiary alicyclic amines) is 1. The summed E-state index contributed by atoms with van der Waals surface area (Å²) >= 11 is 0. The van der Waals surface area contributed by atoms with Gasteiger partial charge in [-0.2, -0.15) is 0 Å². The molecule has 1 aromatic heterocycles. The summed E-state index contributed by atoms with van der Waals surface area (Å²) in [6.45, 7) is 6.30. The van der Waals surface area contributed by atoms with Gasteiger partial charge < -0.3 is 9.67 Å². The summed E-state index contributed by atoms with van der Waals surface area (Å²) in [5.74, 6) is -0.861. The third kappa shape index (κ3) is 3.02. The van der Waals surface area contributed by atoms with Gasteiger partial charge >= 0.3 is 5.97 Å². The van der Waals surface area contributed by atoms with Crippen LogP contribution in [0.2, 0.25) is 0 Å². The molecule has 3 rings (SSSR count). The van der Waals surface area contributed by atoms with Crippen molar-refractivity contribution in [3.63, 3.8) is 0 Å². The minimum absolute atomic E-state index is 0.363. The van der Waals surface area contributed by atoms with Crippen LogP contribution in [0.15, 0.2) is 24.3 Å². The number of aromatic carboxylic acids is 1. The first-order valence-corrected chi connectivity index (χ1v) is 8.27. The van der Waals surface area contributed by atoms with Gasteiger partial charge in [0.15, 0.2) is 0 Å². The summed E-state index contributed by atoms with van der Waals surface area (Å²) in [4.78, 5) is 13.7. The molecule has 1 saturated heterocycles. The van der Waals surface area contributed by atoms with Crippen molar-refractivity contribution in [1.29, 1.82) is 0 Å². The van der Waals surface area contributed by atoms with E-state index in [-0.39, 0.29) is 0 Å². The number of aromatic nitrogens is 1. The molecule has 0 bridgehead atoms. The fourth-order valence-corrected chi connectivity index (χ4v) is 3.47. The number of aryl methyl sites for hydroxylation is 1. The molecule has 0 saturated carbocycles. The van der Waals surface area contributed by atoms with E-state index in [1.165, 1.54) is 44.5 Å². The standard InChI is InChI=1S/C18H24N2O2/c1-2-20-16(13-19-9-5-3-4-6-10-19)11-14-7-8-15(18(21)22)12-17(14)20/h7-8,11-12H,2-6,9-10,13H2,1H3,(H,21,22). The zero-order valence-corrected chi connectivity index (χ0v) is 13.2. The number of hydrogen-bond acceptors (Lipinski definition) is 2. The third-order valence-electron chi connectivity index (χ3n) is 4.64. The van der Waals surface area contributed by atoms with Crippen LogP contribution in [0.4, 0.5) is 0 Å². The van der Waals surface area contributed by atoms with Crippen LogP contribution in [-0.4, -0.2) is 33.6 Å². The predicted octanol–water partition coefficient (Wildman–Crippen LogP) is 3.74. The van der Waals surface area contributed by atoms with Crippen molar-refractivity contribution in [3.05, 3.63) is 35.5 Å². The molecule has 0 unspecified atom stereocenters. The van der Waals surface area contributed by atoms with E-state index in [1.54, 1.807) is 12.1 Å². The Bertz CT molecular complexity index is 667. The molecule has 1 fully saturated rings. The molecular weight excluding hydrogens is 276 g/mol. The molecule has 0 spiro atoms. The van der Waals surface area contributed by atoms with Crippen LogP contribution >= 0.6 is 0 Å². The van der Waals surface area contributed by atoms with Gasteiger partial charge in [0.25, 0.3) is 0 Å². The van der Waals surface area contributed by atoms with Gasteiger partial charge in [0, 0.05) is 24.3 Å². The van der Waals surface area contributed by atoms with E-state index in [9.17, 15) is 9.90 Å². The van der Waals surface area contributed by atoms with Crippen LogP contribution in [0.25, 0.3) is 10.9 Å². The zero-order valence-electron chi connectivity index (χ0n) is 13.2. The fraction of sp³-hybridized carbons (Fsp3) is 0.500. The lowest BCUT2D eigenvalue weighted by Gasteiger charge is -2.20. The first-order valence-electron chi connectivity index (χ1n) is 8.27. The highest BCUT2D eigenvalue weighted by Crippen LogP contribution is 2.23. The molecule has 0 aliphatic carbocycles. The molecule has 2 aromatic rings. The van der Waals surface area contributed by atoms with Gasteiger partial charge in [0.1, 0.15) is 0 Å². The van der Waals surface area contributed by atoms with E-state index >= 15 is 0 Å². The molecule has 1 aliphatic heterocycles. The fourth-order valence-electron chi connectivity index (χ4n) is 3.47. The topological polar surface area (TPSA) is 45.5 Å². The highest BCUT2D eigenvalue weighted by Gasteiger charge is 2.15. The van der Waals surface area contributed by atoms with Crippen molar-refractivity contribution >= 4 is 16.9 Å². The number of benzene rings is 1. The lowest BCUT2D eigenvalue weighted by atomic mass is 10.1. The number of nitrogens with zero attached hydrogens (tertiary/aromatic N) is 2. The average molecular weight is 300 g/mol. The maximum atomic E-state index is 11.2. The number of fused-ring (bicyclic) bond motifs is 1. The largest absolute Gasteiger partial charge is 0.478 e. The second kappa shape index (κ2) is 6.53. The highest BCUT2D eigenvalue weighted by atomic mass is 16.4. The van der Waals surface area contributed by atoms with Gasteiger partial charge in [-0.15, -0.1) is 0 Å². The molecule has 1 aromatic carbocycles. The van der Waals surface area contributed by atoms with E-state index < -0.39 is 5.97 Å². The smallest absolute Gasteiger partial charge is 0.335 e. The number of hydrogen-bond donors (Lipinski definition) is 1. The van der Waals surface area contributed by atoms with Crippen molar-refractivity contribution in [2.75, 3.05) is 13.1 Å². The van der Waals surface area contributed by atoms with Crippen molar-refractivity contribution in [2.24, 2.45) is 0 Å². The molecule has 118 valence electrons. The summed E-state index contributed by atoms with van der Waals surface area (Å²) in [5.41, 5.74) is 2.69. The Balaban J connectivity index is 1.93. The van der Waals surface area contributed by atoms with Crippen LogP contribution in [0.3, 0.4) is 0 Å². The molecule has 4 heteroatoms. The number of carboxylic acids is 1. The Morgan fingerprint density at radius 2 is 1.86 bits per heavy atom. The van der Waals surface area contributed by atoms with Crippen LogP contribution in [0, 0.1) is 0 Å². The molecule has 0 atom stereocenters. The van der Waals surface area contributed by atoms with Crippen LogP contribution < -0.4 is 0 Å². The normalized spacial score (nSPS) is 16.8. The van der Waals surface area contributed by atoms with Crippen molar-refractivity contribution in [3.8, 4) is 0 Å². The first-order chi connectivity index (χ1) is 10.7. The van der Waals surface area contributed by atoms with Gasteiger partial charge in [-0.1, -0.05) is 18.9 Å². The van der Waals surface area contributed by atoms with E-state index in [4.69, 9.17) is 0 Å². The molecule has 1 N–H and O–H groups in total. The SMILES string of the molecule is CCn1c(CN2CCCCCC2)cc2ccc(C(=O)O)cc21. The van der Waals surface area contributed by atoms with Crippen LogP contribution in [0.5, 0.6) is 0 Å². The Labute approximate surface area is 131 Å². The predicted molar refractivity (Wildman–Crippen MR) is 88.3 cm³/mol. The summed E-state index contributed by atoms with van der Waals surface area (Å²) in [7, 11) is 0. The summed E-state index contributed by atoms with van der Waals surface area (Å²) in [6.07, 6.45) is 5.26. The lowest BCUT2D eigenvalue weighted by Crippen LogP contribution is -2.25. The minimum atomic E-state index is -0.861. The quantitative estimate of drug-likeness (QED) is 0.935. The maximum Gasteiger partial charge on any atom is 0.335 e. The monoisotopic (exact) mass is 300 g/mol. The number of carbonyl (C=O) groups is 1. The average Bonchev–Trinajstić information content (AvgIpc) is 2.67. The van der Waals surface area contributed by atoms with E-state index in [2.05, 4.69) is 22.5 Å². The molecule has 0 radical (unpaired) electrons. The Hall–Kier alpha value is -1.81. The number of carboxylic acid groups (broad SMARTS) is 1. The molecule has 0 amide bonds. The van der Waals surface area contributed by atoms with Crippen molar-refractivity contribution in [1.82, 2.24) is 9.47 Å². The Morgan fingerprint density at radius 1 is 1.14 bits per heavy atom. The molecule has 1 aliphatic rings. The molecular formula is C18H24N2O2. The van der Waals surface area contributed by atoms with Crippen LogP contribution in [0.1, 0.15) is 48.7 Å². The molecule has 2 heterocycles. The van der Waals surface area contributed by atoms with Crippen molar-refractivity contribution in [2.45, 2.75) is 45.7 Å². The van der Waals surface area contributed by atoms with Gasteiger partial charge in [-0.3, -0.25) is 4.90 Å². The lowest BCUT2D eigenvalue weighted by molar-refractivity contribution is 0.0697. The Kier molecular flexibility index (Phi) is 4.48. The zero-order chi connectivity index (χ0) is 15.5. The van der Waals surface area contributed by atoms with Gasteiger partial charge in [-0.25, -0.2) is 4.79 Å². The van der Waals surface area contributed by atoms with E-state index in [1.807, 2.05) is 6.07 Å². The number of rotatable bonds is 4. The minimum Gasteiger partial charge on any atom is -0.478 e. The summed E-state index contributed by atoms with van der Waals surface area (Å²) in [5, 5.41) is 10.3. The maximum absolute atomic E-state index is 11.2. The Morgan fingerprint density at radius 3 is 2.50 bits per heavy atom. The second-order valence-electron chi connectivity index (χ2n) is 6.15. The van der Waals surface area contributed by atoms with Gasteiger partial charge in [0.2, 0.25) is 0 Å².